The van der Waals surface area contributed by atoms with Gasteiger partial charge in [0.25, 0.3) is 0 Å². The Bertz CT molecular complexity index is 1170. The number of aromatic hydroxyl groups is 2. The third-order valence-corrected chi connectivity index (χ3v) is 5.15. The molecule has 1 aliphatic rings. The van der Waals surface area contributed by atoms with E-state index in [-0.39, 0.29) is 35.2 Å². The van der Waals surface area contributed by atoms with Crippen molar-refractivity contribution in [3.8, 4) is 28.7 Å². The Morgan fingerprint density at radius 1 is 1.00 bits per heavy atom. The quantitative estimate of drug-likeness (QED) is 0.399. The molecule has 3 N–H and O–H groups in total. The van der Waals surface area contributed by atoms with Crippen LogP contribution in [0.5, 0.6) is 28.7 Å². The molecule has 1 heterocycles. The van der Waals surface area contributed by atoms with Gasteiger partial charge in [-0.2, -0.15) is 0 Å². The molecule has 3 aromatic rings. The van der Waals surface area contributed by atoms with Crippen LogP contribution in [-0.4, -0.2) is 40.9 Å². The van der Waals surface area contributed by atoms with Gasteiger partial charge in [0.1, 0.15) is 5.75 Å². The highest BCUT2D eigenvalue weighted by Gasteiger charge is 2.33. The molecule has 4 rings (SSSR count). The van der Waals surface area contributed by atoms with Crippen molar-refractivity contribution in [3.63, 3.8) is 0 Å². The molecule has 0 aliphatic carbocycles. The fourth-order valence-corrected chi connectivity index (χ4v) is 3.49. The molecular weight excluding hydrogens is 412 g/mol. The predicted octanol–water partition coefficient (Wildman–Crippen LogP) is 3.88. The molecule has 7 nitrogen and oxygen atoms in total. The average molecular weight is 434 g/mol. The second-order valence-electron chi connectivity index (χ2n) is 7.23. The second kappa shape index (κ2) is 9.03. The highest BCUT2D eigenvalue weighted by atomic mass is 16.6. The van der Waals surface area contributed by atoms with Crippen molar-refractivity contribution in [2.75, 3.05) is 13.7 Å². The Labute approximate surface area is 184 Å². The highest BCUT2D eigenvalue weighted by Crippen LogP contribution is 2.41. The molecule has 0 radical (unpaired) electrons. The number of benzene rings is 3. The van der Waals surface area contributed by atoms with Crippen LogP contribution in [0.2, 0.25) is 0 Å². The maximum absolute atomic E-state index is 12.4. The smallest absolute Gasteiger partial charge is 0.189 e. The number of aliphatic hydroxyl groups excluding tert-OH is 1. The van der Waals surface area contributed by atoms with Crippen molar-refractivity contribution in [3.05, 3.63) is 83.4 Å². The van der Waals surface area contributed by atoms with Crippen LogP contribution in [0.1, 0.15) is 27.6 Å². The molecule has 1 aliphatic heterocycles. The van der Waals surface area contributed by atoms with Crippen LogP contribution < -0.4 is 14.2 Å². The van der Waals surface area contributed by atoms with Gasteiger partial charge in [0.05, 0.1) is 19.3 Å². The Morgan fingerprint density at radius 3 is 2.56 bits per heavy atom. The Kier molecular flexibility index (Phi) is 6.00. The number of phenols is 2. The highest BCUT2D eigenvalue weighted by molar-refractivity contribution is 6.08. The number of para-hydroxylation sites is 1. The molecule has 2 unspecified atom stereocenters. The molecule has 0 spiro atoms. The number of methoxy groups -OCH3 is 1. The number of aliphatic hydroxyl groups is 1. The number of phenolic OH excluding ortho intramolecular Hbond substituents is 2. The summed E-state index contributed by atoms with van der Waals surface area (Å²) < 4.78 is 17.2. The molecule has 32 heavy (non-hydrogen) atoms. The number of carbonyl (C=O) groups excluding carboxylic acids is 1. The summed E-state index contributed by atoms with van der Waals surface area (Å²) >= 11 is 0. The van der Waals surface area contributed by atoms with E-state index >= 15 is 0 Å². The topological polar surface area (TPSA) is 105 Å². The summed E-state index contributed by atoms with van der Waals surface area (Å²) in [4.78, 5) is 12.4. The number of allylic oxidation sites excluding steroid dienone is 1. The summed E-state index contributed by atoms with van der Waals surface area (Å²) in [5.74, 6) is 0.793. The number of ketones is 1. The SMILES string of the molecule is COc1cc(C2Oc3cc(/C=C/C(=O)c4ccccc4O)ccc3OC2CO)ccc1O. The molecular formula is C25H22O7. The van der Waals surface area contributed by atoms with Crippen molar-refractivity contribution in [1.29, 1.82) is 0 Å². The third kappa shape index (κ3) is 4.24. The lowest BCUT2D eigenvalue weighted by atomic mass is 10.0. The molecule has 0 aromatic heterocycles. The van der Waals surface area contributed by atoms with Crippen LogP contribution in [-0.2, 0) is 0 Å². The molecule has 3 aromatic carbocycles. The minimum atomic E-state index is -0.652. The van der Waals surface area contributed by atoms with E-state index in [0.717, 1.165) is 0 Å². The molecule has 164 valence electrons. The predicted molar refractivity (Wildman–Crippen MR) is 117 cm³/mol. The van der Waals surface area contributed by atoms with Crippen molar-refractivity contribution in [2.24, 2.45) is 0 Å². The maximum Gasteiger partial charge on any atom is 0.189 e. The molecule has 0 amide bonds. The second-order valence-corrected chi connectivity index (χ2v) is 7.23. The van der Waals surface area contributed by atoms with Gasteiger partial charge >= 0.3 is 0 Å². The zero-order valence-corrected chi connectivity index (χ0v) is 17.3. The summed E-state index contributed by atoms with van der Waals surface area (Å²) in [6.07, 6.45) is 1.71. The van der Waals surface area contributed by atoms with E-state index in [0.29, 0.717) is 22.6 Å². The van der Waals surface area contributed by atoms with Gasteiger partial charge in [-0.05, 0) is 48.0 Å². The summed E-state index contributed by atoms with van der Waals surface area (Å²) in [5.41, 5.74) is 1.58. The Balaban J connectivity index is 1.59. The van der Waals surface area contributed by atoms with Crippen LogP contribution in [0.25, 0.3) is 6.08 Å². The van der Waals surface area contributed by atoms with Crippen LogP contribution in [0, 0.1) is 0 Å². The minimum absolute atomic E-state index is 0.00419. The van der Waals surface area contributed by atoms with E-state index in [1.54, 1.807) is 54.6 Å². The zero-order chi connectivity index (χ0) is 22.7. The number of rotatable bonds is 6. The monoisotopic (exact) mass is 434 g/mol. The number of carbonyl (C=O) groups is 1. The van der Waals surface area contributed by atoms with E-state index in [1.165, 1.54) is 25.3 Å². The van der Waals surface area contributed by atoms with Crippen molar-refractivity contribution in [1.82, 2.24) is 0 Å². The van der Waals surface area contributed by atoms with Gasteiger partial charge in [-0.25, -0.2) is 0 Å². The lowest BCUT2D eigenvalue weighted by molar-refractivity contribution is -0.0124. The zero-order valence-electron chi connectivity index (χ0n) is 17.3. The first-order chi connectivity index (χ1) is 15.5. The third-order valence-electron chi connectivity index (χ3n) is 5.15. The van der Waals surface area contributed by atoms with E-state index in [9.17, 15) is 20.1 Å². The molecule has 2 atom stereocenters. The molecule has 7 heteroatoms. The van der Waals surface area contributed by atoms with Crippen LogP contribution in [0.15, 0.2) is 66.7 Å². The standard InChI is InChI=1S/C25H22O7/c1-30-22-13-16(8-10-20(22)29)25-24(14-26)31-21-11-7-15(12-23(21)32-25)6-9-19(28)17-4-2-3-5-18(17)27/h2-13,24-27,29H,14H2,1H3/b9-6+. The van der Waals surface area contributed by atoms with Crippen LogP contribution >= 0.6 is 0 Å². The van der Waals surface area contributed by atoms with Crippen LogP contribution in [0.4, 0.5) is 0 Å². The van der Waals surface area contributed by atoms with Gasteiger partial charge in [0, 0.05) is 5.56 Å². The fourth-order valence-electron chi connectivity index (χ4n) is 3.49. The molecule has 0 saturated heterocycles. The van der Waals surface area contributed by atoms with E-state index in [1.807, 2.05) is 0 Å². The summed E-state index contributed by atoms with van der Waals surface area (Å²) in [6, 6.07) is 16.3. The largest absolute Gasteiger partial charge is 0.507 e. The lowest BCUT2D eigenvalue weighted by Crippen LogP contribution is -2.36. The van der Waals surface area contributed by atoms with Gasteiger partial charge in [-0.3, -0.25) is 4.79 Å². The average Bonchev–Trinajstić information content (AvgIpc) is 2.82. The molecule has 0 saturated carbocycles. The van der Waals surface area contributed by atoms with E-state index in [4.69, 9.17) is 14.2 Å². The van der Waals surface area contributed by atoms with Crippen LogP contribution in [0.3, 0.4) is 0 Å². The Morgan fingerprint density at radius 2 is 1.81 bits per heavy atom. The maximum atomic E-state index is 12.4. The van der Waals surface area contributed by atoms with Gasteiger partial charge in [0.15, 0.2) is 41.0 Å². The first-order valence-corrected chi connectivity index (χ1v) is 9.95. The summed E-state index contributed by atoms with van der Waals surface area (Å²) in [7, 11) is 1.45. The van der Waals surface area contributed by atoms with Crippen molar-refractivity contribution < 1.29 is 34.3 Å². The lowest BCUT2D eigenvalue weighted by Gasteiger charge is -2.33. The molecule has 0 bridgehead atoms. The summed E-state index contributed by atoms with van der Waals surface area (Å²) in [5, 5.41) is 29.5. The number of ether oxygens (including phenoxy) is 3. The fraction of sp³-hybridized carbons (Fsp3) is 0.160. The van der Waals surface area contributed by atoms with E-state index in [2.05, 4.69) is 0 Å². The van der Waals surface area contributed by atoms with Crippen molar-refractivity contribution in [2.45, 2.75) is 12.2 Å². The molecule has 0 fully saturated rings. The van der Waals surface area contributed by atoms with Gasteiger partial charge in [-0.15, -0.1) is 0 Å². The van der Waals surface area contributed by atoms with Crippen molar-refractivity contribution >= 4 is 11.9 Å². The normalized spacial score (nSPS) is 17.3. The Hall–Kier alpha value is -3.97. The number of hydrogen-bond donors (Lipinski definition) is 3. The summed E-state index contributed by atoms with van der Waals surface area (Å²) in [6.45, 7) is -0.274. The van der Waals surface area contributed by atoms with Gasteiger partial charge < -0.3 is 29.5 Å². The minimum Gasteiger partial charge on any atom is -0.507 e. The first kappa shape index (κ1) is 21.3. The first-order valence-electron chi connectivity index (χ1n) is 9.95. The van der Waals surface area contributed by atoms with Gasteiger partial charge in [0.2, 0.25) is 0 Å². The van der Waals surface area contributed by atoms with Gasteiger partial charge in [-0.1, -0.05) is 30.3 Å². The number of fused-ring (bicyclic) bond motifs is 1. The van der Waals surface area contributed by atoms with E-state index < -0.39 is 12.2 Å². The number of hydrogen-bond acceptors (Lipinski definition) is 7.